The van der Waals surface area contributed by atoms with Crippen molar-refractivity contribution in [2.75, 3.05) is 5.32 Å². The maximum absolute atomic E-state index is 12.7. The molecule has 0 saturated carbocycles. The lowest BCUT2D eigenvalue weighted by Gasteiger charge is -2.13. The Hall–Kier alpha value is -4.26. The first-order valence-electron chi connectivity index (χ1n) is 8.91. The van der Waals surface area contributed by atoms with Crippen molar-refractivity contribution in [3.63, 3.8) is 0 Å². The van der Waals surface area contributed by atoms with Gasteiger partial charge < -0.3 is 14.8 Å². The van der Waals surface area contributed by atoms with Gasteiger partial charge in [-0.1, -0.05) is 0 Å². The monoisotopic (exact) mass is 406 g/mol. The van der Waals surface area contributed by atoms with E-state index in [0.717, 1.165) is 6.20 Å². The second-order valence-corrected chi connectivity index (χ2v) is 6.47. The minimum Gasteiger partial charge on any atom is -0.491 e. The summed E-state index contributed by atoms with van der Waals surface area (Å²) in [4.78, 5) is 31.8. The van der Waals surface area contributed by atoms with Gasteiger partial charge in [0.25, 0.3) is 11.7 Å². The van der Waals surface area contributed by atoms with E-state index in [1.807, 2.05) is 13.8 Å². The summed E-state index contributed by atoms with van der Waals surface area (Å²) in [6, 6.07) is 7.85. The molecule has 3 rings (SSSR count). The van der Waals surface area contributed by atoms with Crippen LogP contribution < -0.4 is 14.8 Å². The molecule has 152 valence electrons. The minimum absolute atomic E-state index is 0.0854. The third kappa shape index (κ3) is 5.17. The van der Waals surface area contributed by atoms with E-state index in [-0.39, 0.29) is 29.0 Å². The van der Waals surface area contributed by atoms with Gasteiger partial charge in [-0.15, -0.1) is 0 Å². The average molecular weight is 406 g/mol. The Bertz CT molecular complexity index is 1120. The summed E-state index contributed by atoms with van der Waals surface area (Å²) >= 11 is 0. The van der Waals surface area contributed by atoms with Crippen molar-refractivity contribution >= 4 is 17.5 Å². The summed E-state index contributed by atoms with van der Waals surface area (Å²) in [5.41, 5.74) is 0.204. The maximum Gasteiger partial charge on any atom is 0.282 e. The van der Waals surface area contributed by atoms with Crippen LogP contribution in [0.2, 0.25) is 0 Å². The molecule has 2 aromatic heterocycles. The fraction of sp³-hybridized carbons (Fsp3) is 0.200. The number of ketones is 1. The van der Waals surface area contributed by atoms with E-state index in [1.165, 1.54) is 18.3 Å². The molecule has 0 saturated heterocycles. The van der Waals surface area contributed by atoms with Crippen molar-refractivity contribution in [3.05, 3.63) is 54.1 Å². The van der Waals surface area contributed by atoms with Gasteiger partial charge in [-0.2, -0.15) is 10.4 Å². The third-order valence-electron chi connectivity index (χ3n) is 3.65. The number of hydrogen-bond donors (Lipinski definition) is 1. The molecule has 10 heteroatoms. The number of aromatic nitrogens is 4. The normalized spacial score (nSPS) is 10.4. The summed E-state index contributed by atoms with van der Waals surface area (Å²) in [5.74, 6) is 0.0144. The molecule has 0 bridgehead atoms. The van der Waals surface area contributed by atoms with Crippen molar-refractivity contribution in [3.8, 4) is 23.4 Å². The Morgan fingerprint density at radius 1 is 1.17 bits per heavy atom. The first kappa shape index (κ1) is 20.5. The van der Waals surface area contributed by atoms with E-state index < -0.39 is 11.7 Å². The van der Waals surface area contributed by atoms with E-state index in [2.05, 4.69) is 20.4 Å². The van der Waals surface area contributed by atoms with E-state index in [1.54, 1.807) is 36.1 Å². The Morgan fingerprint density at radius 2 is 1.93 bits per heavy atom. The summed E-state index contributed by atoms with van der Waals surface area (Å²) in [6.45, 7) is 3.72. The average Bonchev–Trinajstić information content (AvgIpc) is 3.11. The summed E-state index contributed by atoms with van der Waals surface area (Å²) in [6.07, 6.45) is 3.95. The van der Waals surface area contributed by atoms with Crippen molar-refractivity contribution in [2.24, 2.45) is 7.05 Å². The number of rotatable bonds is 7. The number of nitriles is 1. The van der Waals surface area contributed by atoms with Crippen LogP contribution in [0.1, 0.15) is 34.7 Å². The largest absolute Gasteiger partial charge is 0.491 e. The Labute approximate surface area is 172 Å². The van der Waals surface area contributed by atoms with E-state index in [9.17, 15) is 9.59 Å². The van der Waals surface area contributed by atoms with Gasteiger partial charge in [-0.05, 0) is 26.0 Å². The lowest BCUT2D eigenvalue weighted by atomic mass is 10.2. The van der Waals surface area contributed by atoms with Gasteiger partial charge in [0, 0.05) is 30.9 Å². The van der Waals surface area contributed by atoms with Crippen LogP contribution in [0.25, 0.3) is 0 Å². The van der Waals surface area contributed by atoms with Gasteiger partial charge in [0.15, 0.2) is 5.82 Å². The number of amides is 1. The molecule has 0 fully saturated rings. The summed E-state index contributed by atoms with van der Waals surface area (Å²) in [7, 11) is 1.75. The van der Waals surface area contributed by atoms with Gasteiger partial charge >= 0.3 is 0 Å². The van der Waals surface area contributed by atoms with E-state index in [0.29, 0.717) is 11.6 Å². The smallest absolute Gasteiger partial charge is 0.282 e. The topological polar surface area (TPSA) is 132 Å². The molecule has 30 heavy (non-hydrogen) atoms. The Morgan fingerprint density at radius 3 is 2.53 bits per heavy atom. The molecule has 0 aliphatic rings. The zero-order valence-electron chi connectivity index (χ0n) is 16.5. The van der Waals surface area contributed by atoms with Crippen LogP contribution in [0, 0.1) is 11.3 Å². The highest BCUT2D eigenvalue weighted by Crippen LogP contribution is 2.27. The molecule has 0 aliphatic carbocycles. The maximum atomic E-state index is 12.7. The highest BCUT2D eigenvalue weighted by molar-refractivity contribution is 6.06. The van der Waals surface area contributed by atoms with Crippen LogP contribution in [0.4, 0.5) is 5.82 Å². The predicted molar refractivity (Wildman–Crippen MR) is 105 cm³/mol. The molecule has 1 amide bonds. The second kappa shape index (κ2) is 8.83. The molecule has 0 spiro atoms. The zero-order valence-corrected chi connectivity index (χ0v) is 16.5. The first-order valence-corrected chi connectivity index (χ1v) is 8.91. The molecule has 1 N–H and O–H groups in total. The van der Waals surface area contributed by atoms with Crippen molar-refractivity contribution in [1.82, 2.24) is 19.7 Å². The molecular weight excluding hydrogens is 388 g/mol. The van der Waals surface area contributed by atoms with Crippen LogP contribution in [-0.2, 0) is 7.05 Å². The number of carbonyl (C=O) groups is 2. The highest BCUT2D eigenvalue weighted by Gasteiger charge is 2.14. The lowest BCUT2D eigenvalue weighted by molar-refractivity contribution is 0.102. The molecule has 10 nitrogen and oxygen atoms in total. The number of benzene rings is 1. The molecule has 0 unspecified atom stereocenters. The number of ether oxygens (including phenoxy) is 2. The van der Waals surface area contributed by atoms with Gasteiger partial charge in [0.1, 0.15) is 23.3 Å². The second-order valence-electron chi connectivity index (χ2n) is 6.47. The van der Waals surface area contributed by atoms with Crippen LogP contribution in [0.3, 0.4) is 0 Å². The van der Waals surface area contributed by atoms with Crippen molar-refractivity contribution in [2.45, 2.75) is 20.0 Å². The van der Waals surface area contributed by atoms with Gasteiger partial charge in [-0.25, -0.2) is 9.97 Å². The van der Waals surface area contributed by atoms with Gasteiger partial charge in [0.2, 0.25) is 5.88 Å². The molecule has 0 atom stereocenters. The number of hydrogen-bond acceptors (Lipinski definition) is 8. The Balaban J connectivity index is 1.85. The number of carbonyl (C=O) groups excluding carboxylic acids is 2. The molecule has 1 aromatic carbocycles. The molecule has 0 radical (unpaired) electrons. The summed E-state index contributed by atoms with van der Waals surface area (Å²) < 4.78 is 12.9. The molecule has 2 heterocycles. The lowest BCUT2D eigenvalue weighted by Crippen LogP contribution is -2.14. The number of aryl methyl sites for hydroxylation is 1. The van der Waals surface area contributed by atoms with Gasteiger partial charge in [0.05, 0.1) is 18.5 Å². The number of nitrogens with zero attached hydrogens (tertiary/aromatic N) is 5. The van der Waals surface area contributed by atoms with Gasteiger partial charge in [-0.3, -0.25) is 14.3 Å². The number of nitrogens with one attached hydrogen (secondary N) is 1. The SMILES string of the molecule is CC(C)Oc1cc(Oc2cnc(C(=O)C#N)cn2)cc(C(=O)Nc2ccn(C)n2)c1. The fourth-order valence-electron chi connectivity index (χ4n) is 2.44. The van der Waals surface area contributed by atoms with Crippen LogP contribution in [0.5, 0.6) is 17.4 Å². The van der Waals surface area contributed by atoms with Crippen LogP contribution in [-0.4, -0.2) is 37.5 Å². The third-order valence-corrected chi connectivity index (χ3v) is 3.65. The quantitative estimate of drug-likeness (QED) is 0.468. The predicted octanol–water partition coefficient (Wildman–Crippen LogP) is 2.75. The minimum atomic E-state index is -0.796. The van der Waals surface area contributed by atoms with E-state index in [4.69, 9.17) is 14.7 Å². The van der Waals surface area contributed by atoms with Crippen molar-refractivity contribution < 1.29 is 19.1 Å². The first-order chi connectivity index (χ1) is 14.3. The standard InChI is InChI=1S/C20H18N6O4/c1-12(2)29-14-6-13(20(28)24-18-4-5-26(3)25-18)7-15(8-14)30-19-11-22-16(10-23-19)17(27)9-21/h4-8,10-12H,1-3H3,(H,24,25,28). The van der Waals surface area contributed by atoms with Crippen molar-refractivity contribution in [1.29, 1.82) is 5.26 Å². The molecule has 3 aromatic rings. The zero-order chi connectivity index (χ0) is 21.7. The molecular formula is C20H18N6O4. The fourth-order valence-corrected chi connectivity index (χ4v) is 2.44. The number of Topliss-reactive ketones (excluding diaryl/α,β-unsaturated/α-hetero) is 1. The number of anilines is 1. The van der Waals surface area contributed by atoms with E-state index >= 15 is 0 Å². The summed E-state index contributed by atoms with van der Waals surface area (Å²) in [5, 5.41) is 15.4. The highest BCUT2D eigenvalue weighted by atomic mass is 16.5. The van der Waals surface area contributed by atoms with Crippen LogP contribution >= 0.6 is 0 Å². The van der Waals surface area contributed by atoms with Crippen LogP contribution in [0.15, 0.2) is 42.9 Å². The molecule has 0 aliphatic heterocycles. The Kier molecular flexibility index (Phi) is 6.03.